The van der Waals surface area contributed by atoms with Crippen LogP contribution in [0.25, 0.3) is 21.9 Å². The topological polar surface area (TPSA) is 0 Å². The third-order valence-corrected chi connectivity index (χ3v) is 5.75. The van der Waals surface area contributed by atoms with Gasteiger partial charge in [0, 0.05) is 9.52 Å². The van der Waals surface area contributed by atoms with Gasteiger partial charge in [0.25, 0.3) is 0 Å². The molecule has 0 N–H and O–H groups in total. The predicted octanol–water partition coefficient (Wildman–Crippen LogP) is 9.40. The SMILES string of the molecule is CCCCc1cc(C)c[cH-]1.C[SiH]C.Cc1cc2c(-c3ccc(C(C)(C)C)cc3)cccc2[cH-]1.[Zr+2]. The van der Waals surface area contributed by atoms with Crippen LogP contribution >= 0.6 is 0 Å². The monoisotopic (exact) mass is 545 g/mol. The van der Waals surface area contributed by atoms with Gasteiger partial charge >= 0.3 is 26.2 Å². The fourth-order valence-electron chi connectivity index (χ4n) is 3.95. The van der Waals surface area contributed by atoms with Crippen molar-refractivity contribution in [3.63, 3.8) is 0 Å². The van der Waals surface area contributed by atoms with Gasteiger partial charge in [0.05, 0.1) is 0 Å². The number of rotatable bonds is 4. The van der Waals surface area contributed by atoms with Crippen LogP contribution in [0.5, 0.6) is 0 Å². The normalized spacial score (nSPS) is 10.6. The second kappa shape index (κ2) is 14.8. The van der Waals surface area contributed by atoms with Gasteiger partial charge in [0.15, 0.2) is 0 Å². The van der Waals surface area contributed by atoms with Gasteiger partial charge in [0.1, 0.15) is 0 Å². The van der Waals surface area contributed by atoms with Crippen molar-refractivity contribution in [1.82, 2.24) is 0 Å². The molecule has 0 aliphatic rings. The van der Waals surface area contributed by atoms with Crippen molar-refractivity contribution < 1.29 is 26.2 Å². The molecule has 4 aromatic carbocycles. The Morgan fingerprint density at radius 3 is 2.09 bits per heavy atom. The van der Waals surface area contributed by atoms with E-state index in [1.165, 1.54) is 63.4 Å². The van der Waals surface area contributed by atoms with E-state index in [0.717, 1.165) is 9.52 Å². The minimum atomic E-state index is 0. The van der Waals surface area contributed by atoms with Crippen LogP contribution in [0.1, 0.15) is 62.8 Å². The summed E-state index contributed by atoms with van der Waals surface area (Å²) in [7, 11) is 0.750. The minimum absolute atomic E-state index is 0. The third-order valence-electron chi connectivity index (χ3n) is 5.75. The van der Waals surface area contributed by atoms with Crippen molar-refractivity contribution in [1.29, 1.82) is 0 Å². The molecule has 0 atom stereocenters. The van der Waals surface area contributed by atoms with Crippen LogP contribution in [-0.2, 0) is 38.0 Å². The molecule has 0 amide bonds. The Morgan fingerprint density at radius 1 is 0.912 bits per heavy atom. The molecule has 1 radical (unpaired) electrons. The summed E-state index contributed by atoms with van der Waals surface area (Å²) >= 11 is 0. The Labute approximate surface area is 230 Å². The first-order chi connectivity index (χ1) is 15.7. The van der Waals surface area contributed by atoms with Gasteiger partial charge in [-0.15, -0.1) is 34.5 Å². The Kier molecular flexibility index (Phi) is 13.3. The molecular formula is C32H43SiZr. The first-order valence-corrected chi connectivity index (χ1v) is 14.7. The Morgan fingerprint density at radius 2 is 1.56 bits per heavy atom. The van der Waals surface area contributed by atoms with Crippen molar-refractivity contribution in [2.75, 3.05) is 0 Å². The largest absolute Gasteiger partial charge is 2.00 e. The molecule has 0 saturated carbocycles. The summed E-state index contributed by atoms with van der Waals surface area (Å²) in [6.07, 6.45) is 3.87. The van der Waals surface area contributed by atoms with Crippen LogP contribution in [0, 0.1) is 13.8 Å². The number of benzene rings is 2. The molecule has 0 spiro atoms. The fourth-order valence-corrected chi connectivity index (χ4v) is 3.95. The summed E-state index contributed by atoms with van der Waals surface area (Å²) in [5.74, 6) is 0. The Balaban J connectivity index is 0.000000349. The minimum Gasteiger partial charge on any atom is -0.208 e. The van der Waals surface area contributed by atoms with E-state index in [0.29, 0.717) is 0 Å². The zero-order valence-electron chi connectivity index (χ0n) is 22.6. The molecule has 2 heteroatoms. The average Bonchev–Trinajstić information content (AvgIpc) is 3.36. The van der Waals surface area contributed by atoms with Crippen molar-refractivity contribution in [2.24, 2.45) is 0 Å². The van der Waals surface area contributed by atoms with Crippen LogP contribution in [0.4, 0.5) is 0 Å². The number of fused-ring (bicyclic) bond motifs is 1. The molecule has 179 valence electrons. The van der Waals surface area contributed by atoms with Crippen LogP contribution in [-0.4, -0.2) is 9.52 Å². The van der Waals surface area contributed by atoms with Gasteiger partial charge < -0.3 is 0 Å². The smallest absolute Gasteiger partial charge is 0.208 e. The van der Waals surface area contributed by atoms with Crippen molar-refractivity contribution >= 4 is 20.3 Å². The molecule has 4 aromatic rings. The van der Waals surface area contributed by atoms with E-state index < -0.39 is 0 Å². The second-order valence-electron chi connectivity index (χ2n) is 10.1. The maximum Gasteiger partial charge on any atom is 2.00 e. The van der Waals surface area contributed by atoms with E-state index in [9.17, 15) is 0 Å². The van der Waals surface area contributed by atoms with E-state index in [-0.39, 0.29) is 31.6 Å². The van der Waals surface area contributed by atoms with E-state index in [2.05, 4.69) is 127 Å². The van der Waals surface area contributed by atoms with Gasteiger partial charge in [-0.1, -0.05) is 110 Å². The van der Waals surface area contributed by atoms with Crippen molar-refractivity contribution in [2.45, 2.75) is 79.3 Å². The first-order valence-electron chi connectivity index (χ1n) is 12.4. The van der Waals surface area contributed by atoms with Gasteiger partial charge in [0.2, 0.25) is 0 Å². The molecule has 0 aromatic heterocycles. The second-order valence-corrected chi connectivity index (χ2v) is 11.3. The molecule has 4 rings (SSSR count). The van der Waals surface area contributed by atoms with E-state index in [1.807, 2.05) is 0 Å². The van der Waals surface area contributed by atoms with Gasteiger partial charge in [-0.3, -0.25) is 0 Å². The third kappa shape index (κ3) is 9.27. The predicted molar refractivity (Wildman–Crippen MR) is 153 cm³/mol. The molecule has 0 bridgehead atoms. The van der Waals surface area contributed by atoms with Gasteiger partial charge in [-0.05, 0) is 16.5 Å². The van der Waals surface area contributed by atoms with Crippen molar-refractivity contribution in [3.8, 4) is 11.1 Å². The molecule has 0 heterocycles. The molecule has 0 aliphatic carbocycles. The molecule has 0 unspecified atom stereocenters. The molecule has 0 fully saturated rings. The van der Waals surface area contributed by atoms with E-state index in [4.69, 9.17) is 0 Å². The summed E-state index contributed by atoms with van der Waals surface area (Å²) in [4.78, 5) is 0. The zero-order chi connectivity index (χ0) is 24.4. The summed E-state index contributed by atoms with van der Waals surface area (Å²) in [5, 5.41) is 2.69. The quantitative estimate of drug-likeness (QED) is 0.177. The average molecular weight is 547 g/mol. The maximum atomic E-state index is 2.28. The number of unbranched alkanes of at least 4 members (excludes halogenated alkanes) is 1. The van der Waals surface area contributed by atoms with Gasteiger partial charge in [-0.2, -0.15) is 23.8 Å². The number of aryl methyl sites for hydroxylation is 3. The van der Waals surface area contributed by atoms with Crippen molar-refractivity contribution in [3.05, 3.63) is 95.1 Å². The molecule has 34 heavy (non-hydrogen) atoms. The summed E-state index contributed by atoms with van der Waals surface area (Å²) in [6, 6.07) is 26.8. The first kappa shape index (κ1) is 30.5. The van der Waals surface area contributed by atoms with E-state index >= 15 is 0 Å². The standard InChI is InChI=1S/C20H21.C10H15.C2H7Si.Zr/c1-14-12-16-6-5-7-18(19(16)13-14)15-8-10-17(11-9-15)20(2,3)4;1-3-4-5-10-7-6-9(2)8-10;1-3-2;/h5-13H,1-4H3;6-8H,3-5H2,1-2H3;3H,1-2H3;/q2*-1;;+2. The molecule has 0 saturated heterocycles. The van der Waals surface area contributed by atoms with Crippen LogP contribution in [0.3, 0.4) is 0 Å². The van der Waals surface area contributed by atoms with Crippen LogP contribution in [0.2, 0.25) is 13.1 Å². The summed E-state index contributed by atoms with van der Waals surface area (Å²) in [5.41, 5.74) is 8.45. The summed E-state index contributed by atoms with van der Waals surface area (Å²) in [6.45, 7) is 17.7. The van der Waals surface area contributed by atoms with Gasteiger partial charge in [-0.25, -0.2) is 11.6 Å². The maximum absolute atomic E-state index is 2.28. The molecule has 0 nitrogen and oxygen atoms in total. The van der Waals surface area contributed by atoms with Crippen LogP contribution in [0.15, 0.2) is 72.8 Å². The Hall–Kier alpha value is -1.50. The molecule has 0 aliphatic heterocycles. The summed E-state index contributed by atoms with van der Waals surface area (Å²) < 4.78 is 0. The number of hydrogen-bond donors (Lipinski definition) is 0. The fraction of sp³-hybridized carbons (Fsp3) is 0.375. The van der Waals surface area contributed by atoms with E-state index in [1.54, 1.807) is 0 Å². The number of hydrogen-bond acceptors (Lipinski definition) is 0. The Bertz CT molecular complexity index is 1090. The zero-order valence-corrected chi connectivity index (χ0v) is 26.2. The van der Waals surface area contributed by atoms with Crippen LogP contribution < -0.4 is 0 Å². The molecular weight excluding hydrogens is 504 g/mol.